The van der Waals surface area contributed by atoms with Crippen LogP contribution >= 0.6 is 11.3 Å². The van der Waals surface area contributed by atoms with Crippen LogP contribution in [0.5, 0.6) is 0 Å². The Hall–Kier alpha value is -2.29. The van der Waals surface area contributed by atoms with Crippen LogP contribution in [0.2, 0.25) is 0 Å². The Labute approximate surface area is 193 Å². The van der Waals surface area contributed by atoms with Crippen molar-refractivity contribution in [2.75, 3.05) is 18.1 Å². The van der Waals surface area contributed by atoms with E-state index in [4.69, 9.17) is 9.72 Å². The molecule has 2 aromatic carbocycles. The Morgan fingerprint density at radius 3 is 2.53 bits per heavy atom. The van der Waals surface area contributed by atoms with Gasteiger partial charge in [-0.1, -0.05) is 17.4 Å². The maximum atomic E-state index is 13.5. The average Bonchev–Trinajstić information content (AvgIpc) is 3.44. The molecule has 0 bridgehead atoms. The standard InChI is InChI=1S/C24H28N2O4S2/c1-15(2)32(28,29)20-10-8-18(9-11-20)23(27)26(14-19-6-5-13-30-19)24-25-22-17(4)16(3)7-12-21(22)31-24/h7-12,15,19H,5-6,13-14H2,1-4H3. The minimum atomic E-state index is -3.39. The summed E-state index contributed by atoms with van der Waals surface area (Å²) in [7, 11) is -3.39. The number of aromatic nitrogens is 1. The molecule has 1 amide bonds. The van der Waals surface area contributed by atoms with Gasteiger partial charge in [0.05, 0.1) is 33.0 Å². The predicted molar refractivity (Wildman–Crippen MR) is 129 cm³/mol. The van der Waals surface area contributed by atoms with Gasteiger partial charge in [-0.15, -0.1) is 0 Å². The van der Waals surface area contributed by atoms with Crippen LogP contribution in [0.4, 0.5) is 5.13 Å². The number of sulfone groups is 1. The van der Waals surface area contributed by atoms with Crippen molar-refractivity contribution in [2.45, 2.75) is 56.8 Å². The molecule has 1 aliphatic heterocycles. The lowest BCUT2D eigenvalue weighted by Crippen LogP contribution is -2.37. The molecule has 1 aromatic heterocycles. The fourth-order valence-corrected chi connectivity index (χ4v) is 5.88. The number of rotatable bonds is 6. The van der Waals surface area contributed by atoms with Gasteiger partial charge >= 0.3 is 0 Å². The molecule has 170 valence electrons. The highest BCUT2D eigenvalue weighted by molar-refractivity contribution is 7.92. The van der Waals surface area contributed by atoms with Gasteiger partial charge in [0.15, 0.2) is 15.0 Å². The van der Waals surface area contributed by atoms with Crippen molar-refractivity contribution in [3.05, 3.63) is 53.1 Å². The Kier molecular flexibility index (Phi) is 6.38. The molecule has 1 saturated heterocycles. The number of fused-ring (bicyclic) bond motifs is 1. The summed E-state index contributed by atoms with van der Waals surface area (Å²) >= 11 is 1.49. The maximum Gasteiger partial charge on any atom is 0.260 e. The lowest BCUT2D eigenvalue weighted by molar-refractivity contribution is 0.0917. The van der Waals surface area contributed by atoms with E-state index in [0.29, 0.717) is 23.8 Å². The fraction of sp³-hybridized carbons (Fsp3) is 0.417. The van der Waals surface area contributed by atoms with E-state index >= 15 is 0 Å². The van der Waals surface area contributed by atoms with Crippen LogP contribution in [0, 0.1) is 13.8 Å². The summed E-state index contributed by atoms with van der Waals surface area (Å²) in [5.74, 6) is -0.206. The third-order valence-corrected chi connectivity index (χ3v) is 9.22. The topological polar surface area (TPSA) is 76.6 Å². The summed E-state index contributed by atoms with van der Waals surface area (Å²) in [6.45, 7) is 8.51. The quantitative estimate of drug-likeness (QED) is 0.509. The molecule has 1 unspecified atom stereocenters. The van der Waals surface area contributed by atoms with E-state index in [0.717, 1.165) is 34.2 Å². The van der Waals surface area contributed by atoms with Gasteiger partial charge in [-0.25, -0.2) is 13.4 Å². The summed E-state index contributed by atoms with van der Waals surface area (Å²) in [6.07, 6.45) is 1.85. The number of anilines is 1. The first kappa shape index (κ1) is 22.9. The van der Waals surface area contributed by atoms with E-state index in [9.17, 15) is 13.2 Å². The minimum absolute atomic E-state index is 0.0330. The lowest BCUT2D eigenvalue weighted by Gasteiger charge is -2.23. The van der Waals surface area contributed by atoms with Gasteiger partial charge in [0.2, 0.25) is 0 Å². The molecular formula is C24H28N2O4S2. The smallest absolute Gasteiger partial charge is 0.260 e. The van der Waals surface area contributed by atoms with E-state index in [1.807, 2.05) is 13.0 Å². The minimum Gasteiger partial charge on any atom is -0.376 e. The Morgan fingerprint density at radius 1 is 1.19 bits per heavy atom. The van der Waals surface area contributed by atoms with Crippen molar-refractivity contribution in [1.82, 2.24) is 4.98 Å². The second-order valence-electron chi connectivity index (χ2n) is 8.52. The zero-order chi connectivity index (χ0) is 23.0. The van der Waals surface area contributed by atoms with Crippen molar-refractivity contribution in [2.24, 2.45) is 0 Å². The summed E-state index contributed by atoms with van der Waals surface area (Å²) in [4.78, 5) is 20.3. The monoisotopic (exact) mass is 472 g/mol. The van der Waals surface area contributed by atoms with E-state index in [1.54, 1.807) is 30.9 Å². The third-order valence-electron chi connectivity index (χ3n) is 6.01. The number of ether oxygens (including phenoxy) is 1. The predicted octanol–water partition coefficient (Wildman–Crippen LogP) is 4.92. The summed E-state index contributed by atoms with van der Waals surface area (Å²) in [6, 6.07) is 10.3. The first-order valence-electron chi connectivity index (χ1n) is 10.8. The van der Waals surface area contributed by atoms with Gasteiger partial charge in [0.1, 0.15) is 0 Å². The molecule has 1 fully saturated rings. The molecule has 6 nitrogen and oxygen atoms in total. The van der Waals surface area contributed by atoms with Crippen LogP contribution in [0.25, 0.3) is 10.2 Å². The van der Waals surface area contributed by atoms with Crippen molar-refractivity contribution in [1.29, 1.82) is 0 Å². The van der Waals surface area contributed by atoms with Crippen LogP contribution in [-0.2, 0) is 14.6 Å². The highest BCUT2D eigenvalue weighted by atomic mass is 32.2. The number of nitrogens with zero attached hydrogens (tertiary/aromatic N) is 2. The third kappa shape index (κ3) is 4.31. The van der Waals surface area contributed by atoms with Crippen molar-refractivity contribution in [3.8, 4) is 0 Å². The molecule has 0 spiro atoms. The molecule has 0 saturated carbocycles. The number of amides is 1. The maximum absolute atomic E-state index is 13.5. The highest BCUT2D eigenvalue weighted by Crippen LogP contribution is 2.33. The number of benzene rings is 2. The van der Waals surface area contributed by atoms with Crippen molar-refractivity contribution in [3.63, 3.8) is 0 Å². The van der Waals surface area contributed by atoms with Gasteiger partial charge in [0, 0.05) is 12.2 Å². The molecule has 0 radical (unpaired) electrons. The highest BCUT2D eigenvalue weighted by Gasteiger charge is 2.28. The second kappa shape index (κ2) is 8.92. The van der Waals surface area contributed by atoms with Crippen molar-refractivity contribution < 1.29 is 17.9 Å². The molecule has 4 rings (SSSR count). The number of hydrogen-bond donors (Lipinski definition) is 0. The molecule has 2 heterocycles. The van der Waals surface area contributed by atoms with E-state index in [-0.39, 0.29) is 16.9 Å². The molecule has 0 N–H and O–H groups in total. The van der Waals surface area contributed by atoms with Crippen LogP contribution in [0.1, 0.15) is 48.2 Å². The first-order valence-corrected chi connectivity index (χ1v) is 13.2. The number of carbonyl (C=O) groups is 1. The number of carbonyl (C=O) groups excluding carboxylic acids is 1. The Morgan fingerprint density at radius 2 is 1.91 bits per heavy atom. The fourth-order valence-electron chi connectivity index (χ4n) is 3.78. The van der Waals surface area contributed by atoms with Gasteiger partial charge in [-0.3, -0.25) is 9.69 Å². The van der Waals surface area contributed by atoms with E-state index in [2.05, 4.69) is 13.0 Å². The summed E-state index contributed by atoms with van der Waals surface area (Å²) in [5.41, 5.74) is 3.61. The normalized spacial score (nSPS) is 16.7. The van der Waals surface area contributed by atoms with Gasteiger partial charge in [-0.2, -0.15) is 0 Å². The van der Waals surface area contributed by atoms with Crippen LogP contribution in [-0.4, -0.2) is 43.8 Å². The molecule has 1 atom stereocenters. The van der Waals surface area contributed by atoms with Crippen molar-refractivity contribution >= 4 is 42.4 Å². The Bertz CT molecular complexity index is 1240. The van der Waals surface area contributed by atoms with E-state index in [1.165, 1.54) is 23.5 Å². The average molecular weight is 473 g/mol. The Balaban J connectivity index is 1.70. The molecule has 8 heteroatoms. The molecule has 32 heavy (non-hydrogen) atoms. The van der Waals surface area contributed by atoms with Crippen LogP contribution in [0.15, 0.2) is 41.3 Å². The van der Waals surface area contributed by atoms with Crippen LogP contribution in [0.3, 0.4) is 0 Å². The SMILES string of the molecule is Cc1ccc2sc(N(CC3CCCO3)C(=O)c3ccc(S(=O)(=O)C(C)C)cc3)nc2c1C. The summed E-state index contributed by atoms with van der Waals surface area (Å²) < 4.78 is 31.7. The van der Waals surface area contributed by atoms with E-state index < -0.39 is 15.1 Å². The van der Waals surface area contributed by atoms with Crippen LogP contribution < -0.4 is 4.90 Å². The van der Waals surface area contributed by atoms with Gasteiger partial charge in [-0.05, 0) is 82.0 Å². The van der Waals surface area contributed by atoms with Gasteiger partial charge < -0.3 is 4.74 Å². The summed E-state index contributed by atoms with van der Waals surface area (Å²) in [5, 5.41) is 0.114. The van der Waals surface area contributed by atoms with Gasteiger partial charge in [0.25, 0.3) is 5.91 Å². The second-order valence-corrected chi connectivity index (χ2v) is 12.0. The zero-order valence-corrected chi connectivity index (χ0v) is 20.4. The zero-order valence-electron chi connectivity index (χ0n) is 18.8. The largest absolute Gasteiger partial charge is 0.376 e. The molecule has 1 aliphatic rings. The molecule has 0 aliphatic carbocycles. The molecule has 3 aromatic rings. The number of thiazole rings is 1. The lowest BCUT2D eigenvalue weighted by atomic mass is 10.1. The number of hydrogen-bond acceptors (Lipinski definition) is 6. The first-order chi connectivity index (χ1) is 15.2. The number of aryl methyl sites for hydroxylation is 2. The molecular weight excluding hydrogens is 444 g/mol.